The molecule has 20 heavy (non-hydrogen) atoms. The van der Waals surface area contributed by atoms with E-state index in [1.165, 1.54) is 11.0 Å². The Balaban J connectivity index is 2.90. The van der Waals surface area contributed by atoms with Crippen LogP contribution >= 0.6 is 0 Å². The minimum absolute atomic E-state index is 0.0597. The zero-order chi connectivity index (χ0) is 15.5. The molecule has 0 unspecified atom stereocenters. The van der Waals surface area contributed by atoms with Crippen molar-refractivity contribution in [3.63, 3.8) is 0 Å². The van der Waals surface area contributed by atoms with Gasteiger partial charge in [0.1, 0.15) is 5.75 Å². The molecule has 0 aliphatic carbocycles. The number of phenols is 1. The van der Waals surface area contributed by atoms with Crippen molar-refractivity contribution in [2.24, 2.45) is 0 Å². The molecule has 0 radical (unpaired) electrons. The molecule has 0 saturated heterocycles. The minimum Gasteiger partial charge on any atom is -0.506 e. The van der Waals surface area contributed by atoms with Gasteiger partial charge in [-0.3, -0.25) is 9.59 Å². The molecule has 0 aromatic heterocycles. The number of nitrogens with zero attached hydrogens (tertiary/aromatic N) is 1. The van der Waals surface area contributed by atoms with Crippen LogP contribution in [0.3, 0.4) is 0 Å². The molecule has 0 aliphatic heterocycles. The lowest BCUT2D eigenvalue weighted by atomic mass is 10.1. The first-order valence-corrected chi connectivity index (χ1v) is 6.59. The summed E-state index contributed by atoms with van der Waals surface area (Å²) in [6, 6.07) is 4.82. The Labute approximate surface area is 119 Å². The number of hydrogen-bond acceptors (Lipinski definition) is 3. The summed E-state index contributed by atoms with van der Waals surface area (Å²) in [4.78, 5) is 25.6. The number of nitrogens with one attached hydrogen (secondary N) is 1. The Morgan fingerprint density at radius 2 is 1.90 bits per heavy atom. The van der Waals surface area contributed by atoms with Gasteiger partial charge >= 0.3 is 11.8 Å². The Bertz CT molecular complexity index is 518. The summed E-state index contributed by atoms with van der Waals surface area (Å²) in [6.45, 7) is 9.70. The number of aryl methyl sites for hydroxylation is 1. The third kappa shape index (κ3) is 3.73. The van der Waals surface area contributed by atoms with Crippen LogP contribution in [0, 0.1) is 6.92 Å². The Morgan fingerprint density at radius 3 is 2.40 bits per heavy atom. The van der Waals surface area contributed by atoms with Crippen molar-refractivity contribution >= 4 is 17.5 Å². The van der Waals surface area contributed by atoms with Gasteiger partial charge in [0.25, 0.3) is 0 Å². The third-order valence-electron chi connectivity index (χ3n) is 2.97. The van der Waals surface area contributed by atoms with Gasteiger partial charge in [0, 0.05) is 12.1 Å². The second-order valence-electron chi connectivity index (χ2n) is 5.69. The molecule has 0 bridgehead atoms. The molecular formula is C15H22N2O3. The summed E-state index contributed by atoms with van der Waals surface area (Å²) in [5.41, 5.74) is 0.694. The summed E-state index contributed by atoms with van der Waals surface area (Å²) in [5.74, 6) is -1.42. The largest absolute Gasteiger partial charge is 0.506 e. The number of phenolic OH excluding ortho intramolecular Hbond substituents is 1. The molecule has 0 heterocycles. The first kappa shape index (κ1) is 16.0. The van der Waals surface area contributed by atoms with Crippen LogP contribution in [0.1, 0.15) is 33.3 Å². The number of hydrogen-bond donors (Lipinski definition) is 2. The fraction of sp³-hybridized carbons (Fsp3) is 0.467. The number of carbonyl (C=O) groups is 2. The Kier molecular flexibility index (Phi) is 4.76. The second-order valence-corrected chi connectivity index (χ2v) is 5.69. The quantitative estimate of drug-likeness (QED) is 0.644. The Hall–Kier alpha value is -2.04. The summed E-state index contributed by atoms with van der Waals surface area (Å²) >= 11 is 0. The zero-order valence-electron chi connectivity index (χ0n) is 12.7. The highest BCUT2D eigenvalue weighted by Gasteiger charge is 2.29. The van der Waals surface area contributed by atoms with Crippen LogP contribution in [0.4, 0.5) is 5.69 Å². The fourth-order valence-corrected chi connectivity index (χ4v) is 1.97. The smallest absolute Gasteiger partial charge is 0.314 e. The molecule has 2 amide bonds. The summed E-state index contributed by atoms with van der Waals surface area (Å²) in [5, 5.41) is 12.1. The number of aromatic hydroxyl groups is 1. The topological polar surface area (TPSA) is 69.6 Å². The second kappa shape index (κ2) is 5.94. The van der Waals surface area contributed by atoms with Gasteiger partial charge in [-0.15, -0.1) is 0 Å². The molecule has 5 heteroatoms. The van der Waals surface area contributed by atoms with Crippen molar-refractivity contribution in [2.75, 3.05) is 11.9 Å². The van der Waals surface area contributed by atoms with Gasteiger partial charge in [0.05, 0.1) is 5.69 Å². The normalized spacial score (nSPS) is 11.1. The maximum absolute atomic E-state index is 12.2. The lowest BCUT2D eigenvalue weighted by molar-refractivity contribution is -0.146. The van der Waals surface area contributed by atoms with Gasteiger partial charge in [-0.25, -0.2) is 0 Å². The molecule has 0 saturated carbocycles. The van der Waals surface area contributed by atoms with Gasteiger partial charge in [-0.05, 0) is 52.3 Å². The summed E-state index contributed by atoms with van der Waals surface area (Å²) in [6.07, 6.45) is 0. The summed E-state index contributed by atoms with van der Waals surface area (Å²) in [7, 11) is 0. The average molecular weight is 278 g/mol. The van der Waals surface area contributed by atoms with Crippen molar-refractivity contribution in [1.29, 1.82) is 0 Å². The van der Waals surface area contributed by atoms with E-state index in [-0.39, 0.29) is 11.4 Å². The molecule has 5 nitrogen and oxygen atoms in total. The number of likely N-dealkylation sites (N-methyl/N-ethyl adjacent to an activating group) is 1. The first-order chi connectivity index (χ1) is 9.16. The van der Waals surface area contributed by atoms with Gasteiger partial charge in [0.15, 0.2) is 0 Å². The molecular weight excluding hydrogens is 256 g/mol. The third-order valence-corrected chi connectivity index (χ3v) is 2.97. The maximum Gasteiger partial charge on any atom is 0.314 e. The predicted octanol–water partition coefficient (Wildman–Crippen LogP) is 2.29. The Morgan fingerprint density at radius 1 is 1.30 bits per heavy atom. The number of amides is 2. The highest BCUT2D eigenvalue weighted by Crippen LogP contribution is 2.24. The molecule has 0 fully saturated rings. The van der Waals surface area contributed by atoms with E-state index in [4.69, 9.17) is 0 Å². The van der Waals surface area contributed by atoms with Gasteiger partial charge in [-0.2, -0.15) is 0 Å². The molecule has 0 spiro atoms. The predicted molar refractivity (Wildman–Crippen MR) is 78.6 cm³/mol. The van der Waals surface area contributed by atoms with E-state index in [1.807, 2.05) is 34.6 Å². The maximum atomic E-state index is 12.2. The number of anilines is 1. The standard InChI is InChI=1S/C15H22N2O3/c1-6-17(15(3,4)5)14(20)13(19)16-11-9-10(2)7-8-12(11)18/h7-9,18H,6H2,1-5H3,(H,16,19). The van der Waals surface area contributed by atoms with E-state index in [9.17, 15) is 14.7 Å². The first-order valence-electron chi connectivity index (χ1n) is 6.59. The van der Waals surface area contributed by atoms with Crippen LogP contribution in [0.2, 0.25) is 0 Å². The van der Waals surface area contributed by atoms with Crippen molar-refractivity contribution in [3.8, 4) is 5.75 Å². The molecule has 1 aromatic rings. The van der Waals surface area contributed by atoms with Crippen LogP contribution < -0.4 is 5.32 Å². The van der Waals surface area contributed by atoms with E-state index >= 15 is 0 Å². The van der Waals surface area contributed by atoms with Crippen molar-refractivity contribution in [2.45, 2.75) is 40.2 Å². The fourth-order valence-electron chi connectivity index (χ4n) is 1.97. The van der Waals surface area contributed by atoms with E-state index in [0.29, 0.717) is 6.54 Å². The lowest BCUT2D eigenvalue weighted by Crippen LogP contribution is -2.49. The number of benzene rings is 1. The molecule has 110 valence electrons. The van der Waals surface area contributed by atoms with Crippen LogP contribution in [-0.4, -0.2) is 33.9 Å². The van der Waals surface area contributed by atoms with Crippen LogP contribution in [-0.2, 0) is 9.59 Å². The number of rotatable bonds is 2. The average Bonchev–Trinajstić information content (AvgIpc) is 2.32. The van der Waals surface area contributed by atoms with Crippen LogP contribution in [0.25, 0.3) is 0 Å². The lowest BCUT2D eigenvalue weighted by Gasteiger charge is -2.34. The van der Waals surface area contributed by atoms with Crippen LogP contribution in [0.5, 0.6) is 5.75 Å². The number of carbonyl (C=O) groups excluding carboxylic acids is 2. The monoisotopic (exact) mass is 278 g/mol. The van der Waals surface area contributed by atoms with Gasteiger partial charge in [-0.1, -0.05) is 6.07 Å². The van der Waals surface area contributed by atoms with Gasteiger partial charge in [0.2, 0.25) is 0 Å². The van der Waals surface area contributed by atoms with Crippen LogP contribution in [0.15, 0.2) is 18.2 Å². The molecule has 0 aliphatic rings. The summed E-state index contributed by atoms with van der Waals surface area (Å²) < 4.78 is 0. The molecule has 1 rings (SSSR count). The van der Waals surface area contributed by atoms with Crippen molar-refractivity contribution in [3.05, 3.63) is 23.8 Å². The van der Waals surface area contributed by atoms with E-state index in [2.05, 4.69) is 5.32 Å². The molecule has 1 aromatic carbocycles. The van der Waals surface area contributed by atoms with Crippen molar-refractivity contribution < 1.29 is 14.7 Å². The van der Waals surface area contributed by atoms with Gasteiger partial charge < -0.3 is 15.3 Å². The highest BCUT2D eigenvalue weighted by molar-refractivity contribution is 6.39. The van der Waals surface area contributed by atoms with E-state index in [0.717, 1.165) is 5.56 Å². The van der Waals surface area contributed by atoms with E-state index < -0.39 is 17.4 Å². The SMILES string of the molecule is CCN(C(=O)C(=O)Nc1cc(C)ccc1O)C(C)(C)C. The van der Waals surface area contributed by atoms with Crippen molar-refractivity contribution in [1.82, 2.24) is 4.90 Å². The van der Waals surface area contributed by atoms with E-state index in [1.54, 1.807) is 12.1 Å². The highest BCUT2D eigenvalue weighted by atomic mass is 16.3. The minimum atomic E-state index is -0.748. The molecule has 2 N–H and O–H groups in total. The molecule has 0 atom stereocenters. The zero-order valence-corrected chi connectivity index (χ0v) is 12.7.